The van der Waals surface area contributed by atoms with E-state index in [1.54, 1.807) is 37.5 Å². The van der Waals surface area contributed by atoms with Crippen molar-refractivity contribution in [2.45, 2.75) is 0 Å². The van der Waals surface area contributed by atoms with Crippen molar-refractivity contribution in [2.24, 2.45) is 4.99 Å². The maximum atomic E-state index is 12.0. The number of esters is 1. The fourth-order valence-corrected chi connectivity index (χ4v) is 2.18. The number of halogens is 1. The standard InChI is InChI=1S/C17H12ClNO3/c1-21-15-5-3-2-4-12(15)10-14-17(20)22-16(19-14)11-6-8-13(18)9-7-11/h2-10H,1H3. The lowest BCUT2D eigenvalue weighted by Crippen LogP contribution is -2.05. The zero-order valence-corrected chi connectivity index (χ0v) is 12.5. The average molecular weight is 314 g/mol. The van der Waals surface area contributed by atoms with Gasteiger partial charge in [-0.3, -0.25) is 0 Å². The smallest absolute Gasteiger partial charge is 0.363 e. The Hall–Kier alpha value is -2.59. The number of benzene rings is 2. The molecule has 22 heavy (non-hydrogen) atoms. The molecule has 0 unspecified atom stereocenters. The van der Waals surface area contributed by atoms with Gasteiger partial charge in [-0.25, -0.2) is 9.79 Å². The number of para-hydroxylation sites is 1. The second-order valence-corrected chi connectivity index (χ2v) is 5.02. The lowest BCUT2D eigenvalue weighted by molar-refractivity contribution is -0.129. The molecular weight excluding hydrogens is 302 g/mol. The summed E-state index contributed by atoms with van der Waals surface area (Å²) >= 11 is 5.84. The van der Waals surface area contributed by atoms with Crippen LogP contribution in [0.3, 0.4) is 0 Å². The molecule has 3 rings (SSSR count). The number of aliphatic imine (C=N–C) groups is 1. The largest absolute Gasteiger partial charge is 0.496 e. The third kappa shape index (κ3) is 2.87. The number of carbonyl (C=O) groups is 1. The van der Waals surface area contributed by atoms with Gasteiger partial charge >= 0.3 is 5.97 Å². The molecule has 1 aliphatic heterocycles. The van der Waals surface area contributed by atoms with Gasteiger partial charge in [0.15, 0.2) is 5.70 Å². The van der Waals surface area contributed by atoms with Crippen LogP contribution in [0.2, 0.25) is 5.02 Å². The Morgan fingerprint density at radius 2 is 1.86 bits per heavy atom. The summed E-state index contributed by atoms with van der Waals surface area (Å²) in [6.45, 7) is 0. The van der Waals surface area contributed by atoms with E-state index in [9.17, 15) is 4.79 Å². The predicted octanol–water partition coefficient (Wildman–Crippen LogP) is 3.69. The number of methoxy groups -OCH3 is 1. The van der Waals surface area contributed by atoms with Crippen LogP contribution in [0, 0.1) is 0 Å². The average Bonchev–Trinajstić information content (AvgIpc) is 2.89. The van der Waals surface area contributed by atoms with Crippen molar-refractivity contribution in [1.29, 1.82) is 0 Å². The van der Waals surface area contributed by atoms with Crippen molar-refractivity contribution < 1.29 is 14.3 Å². The van der Waals surface area contributed by atoms with Crippen LogP contribution in [0.25, 0.3) is 6.08 Å². The third-order valence-electron chi connectivity index (χ3n) is 3.14. The number of rotatable bonds is 3. The minimum atomic E-state index is -0.490. The van der Waals surface area contributed by atoms with Crippen LogP contribution in [0.15, 0.2) is 59.2 Å². The van der Waals surface area contributed by atoms with Crippen molar-refractivity contribution in [2.75, 3.05) is 7.11 Å². The zero-order valence-electron chi connectivity index (χ0n) is 11.7. The normalized spacial score (nSPS) is 15.6. The summed E-state index contributed by atoms with van der Waals surface area (Å²) in [5.74, 6) is 0.441. The first kappa shape index (κ1) is 14.4. The first-order chi connectivity index (χ1) is 10.7. The molecule has 0 amide bonds. The lowest BCUT2D eigenvalue weighted by Gasteiger charge is -2.03. The summed E-state index contributed by atoms with van der Waals surface area (Å²) in [6.07, 6.45) is 1.64. The van der Waals surface area contributed by atoms with E-state index in [-0.39, 0.29) is 11.6 Å². The molecule has 0 saturated carbocycles. The van der Waals surface area contributed by atoms with Crippen LogP contribution in [0.1, 0.15) is 11.1 Å². The molecular formula is C17H12ClNO3. The highest BCUT2D eigenvalue weighted by atomic mass is 35.5. The highest BCUT2D eigenvalue weighted by Gasteiger charge is 2.24. The van der Waals surface area contributed by atoms with Gasteiger partial charge in [0.2, 0.25) is 5.90 Å². The van der Waals surface area contributed by atoms with E-state index in [1.165, 1.54) is 0 Å². The molecule has 110 valence electrons. The molecule has 0 N–H and O–H groups in total. The SMILES string of the molecule is COc1ccccc1C=C1N=C(c2ccc(Cl)cc2)OC1=O. The van der Waals surface area contributed by atoms with Crippen LogP contribution in [0.5, 0.6) is 5.75 Å². The Bertz CT molecular complexity index is 779. The fraction of sp³-hybridized carbons (Fsp3) is 0.0588. The molecule has 2 aromatic rings. The predicted molar refractivity (Wildman–Crippen MR) is 85.1 cm³/mol. The number of ether oxygens (including phenoxy) is 2. The van der Waals surface area contributed by atoms with E-state index in [4.69, 9.17) is 21.1 Å². The summed E-state index contributed by atoms with van der Waals surface area (Å²) in [5.41, 5.74) is 1.69. The van der Waals surface area contributed by atoms with Gasteiger partial charge in [-0.2, -0.15) is 0 Å². The number of nitrogens with zero attached hydrogens (tertiary/aromatic N) is 1. The van der Waals surface area contributed by atoms with Gasteiger partial charge in [0.25, 0.3) is 0 Å². The van der Waals surface area contributed by atoms with E-state index >= 15 is 0 Å². The quantitative estimate of drug-likeness (QED) is 0.641. The Morgan fingerprint density at radius 3 is 2.59 bits per heavy atom. The highest BCUT2D eigenvalue weighted by molar-refractivity contribution is 6.30. The molecule has 0 radical (unpaired) electrons. The maximum Gasteiger partial charge on any atom is 0.363 e. The molecule has 0 bridgehead atoms. The molecule has 0 aliphatic carbocycles. The van der Waals surface area contributed by atoms with Crippen LogP contribution in [0.4, 0.5) is 0 Å². The molecule has 1 aliphatic rings. The molecule has 2 aromatic carbocycles. The molecule has 0 atom stereocenters. The molecule has 0 aromatic heterocycles. The summed E-state index contributed by atoms with van der Waals surface area (Å²) < 4.78 is 10.5. The number of hydrogen-bond acceptors (Lipinski definition) is 4. The van der Waals surface area contributed by atoms with Gasteiger partial charge in [-0.15, -0.1) is 0 Å². The lowest BCUT2D eigenvalue weighted by atomic mass is 10.1. The molecule has 4 nitrogen and oxygen atoms in total. The van der Waals surface area contributed by atoms with Crippen LogP contribution < -0.4 is 4.74 Å². The highest BCUT2D eigenvalue weighted by Crippen LogP contribution is 2.24. The second-order valence-electron chi connectivity index (χ2n) is 4.58. The van der Waals surface area contributed by atoms with Gasteiger partial charge in [0, 0.05) is 16.1 Å². The van der Waals surface area contributed by atoms with Crippen LogP contribution in [-0.2, 0) is 9.53 Å². The summed E-state index contributed by atoms with van der Waals surface area (Å²) in [7, 11) is 1.58. The monoisotopic (exact) mass is 313 g/mol. The molecule has 0 saturated heterocycles. The third-order valence-corrected chi connectivity index (χ3v) is 3.39. The van der Waals surface area contributed by atoms with Gasteiger partial charge in [-0.1, -0.05) is 29.8 Å². The van der Waals surface area contributed by atoms with Crippen LogP contribution >= 0.6 is 11.6 Å². The second kappa shape index (κ2) is 6.03. The van der Waals surface area contributed by atoms with E-state index in [0.717, 1.165) is 5.56 Å². The van der Waals surface area contributed by atoms with Crippen LogP contribution in [-0.4, -0.2) is 19.0 Å². The fourth-order valence-electron chi connectivity index (χ4n) is 2.06. The van der Waals surface area contributed by atoms with Crippen molar-refractivity contribution in [3.05, 3.63) is 70.4 Å². The Labute approximate surface area is 132 Å². The van der Waals surface area contributed by atoms with E-state index < -0.39 is 5.97 Å². The first-order valence-electron chi connectivity index (χ1n) is 6.59. The van der Waals surface area contributed by atoms with Crippen molar-refractivity contribution in [3.8, 4) is 5.75 Å². The Morgan fingerprint density at radius 1 is 1.14 bits per heavy atom. The molecule has 0 fully saturated rings. The van der Waals surface area contributed by atoms with Crippen molar-refractivity contribution in [3.63, 3.8) is 0 Å². The van der Waals surface area contributed by atoms with Crippen molar-refractivity contribution in [1.82, 2.24) is 0 Å². The van der Waals surface area contributed by atoms with Crippen molar-refractivity contribution >= 4 is 29.5 Å². The van der Waals surface area contributed by atoms with E-state index in [2.05, 4.69) is 4.99 Å². The number of cyclic esters (lactones) is 1. The topological polar surface area (TPSA) is 47.9 Å². The summed E-state index contributed by atoms with van der Waals surface area (Å²) in [6, 6.07) is 14.3. The van der Waals surface area contributed by atoms with Gasteiger partial charge in [0.05, 0.1) is 7.11 Å². The first-order valence-corrected chi connectivity index (χ1v) is 6.96. The summed E-state index contributed by atoms with van der Waals surface area (Å²) in [4.78, 5) is 16.2. The summed E-state index contributed by atoms with van der Waals surface area (Å²) in [5, 5.41) is 0.610. The molecule has 1 heterocycles. The molecule has 0 spiro atoms. The van der Waals surface area contributed by atoms with E-state index in [1.807, 2.05) is 24.3 Å². The maximum absolute atomic E-state index is 12.0. The van der Waals surface area contributed by atoms with Gasteiger partial charge in [-0.05, 0) is 36.4 Å². The minimum Gasteiger partial charge on any atom is -0.496 e. The van der Waals surface area contributed by atoms with E-state index in [0.29, 0.717) is 16.3 Å². The van der Waals surface area contributed by atoms with Gasteiger partial charge < -0.3 is 9.47 Å². The Balaban J connectivity index is 1.96. The Kier molecular flexibility index (Phi) is 3.94. The number of hydrogen-bond donors (Lipinski definition) is 0. The number of carbonyl (C=O) groups excluding carboxylic acids is 1. The minimum absolute atomic E-state index is 0.231. The molecule has 5 heteroatoms. The van der Waals surface area contributed by atoms with Gasteiger partial charge in [0.1, 0.15) is 5.75 Å². The zero-order chi connectivity index (χ0) is 15.5.